The van der Waals surface area contributed by atoms with Gasteiger partial charge in [0.1, 0.15) is 0 Å². The molecule has 3 rings (SSSR count). The van der Waals surface area contributed by atoms with E-state index < -0.39 is 0 Å². The van der Waals surface area contributed by atoms with Gasteiger partial charge in [0.05, 0.1) is 0 Å². The van der Waals surface area contributed by atoms with Crippen molar-refractivity contribution in [3.63, 3.8) is 0 Å². The molecule has 2 nitrogen and oxygen atoms in total. The Morgan fingerprint density at radius 2 is 1.70 bits per heavy atom. The zero-order chi connectivity index (χ0) is 13.8. The van der Waals surface area contributed by atoms with Gasteiger partial charge in [0.15, 0.2) is 0 Å². The van der Waals surface area contributed by atoms with Crippen LogP contribution in [0.25, 0.3) is 0 Å². The van der Waals surface area contributed by atoms with Crippen LogP contribution in [0.4, 0.5) is 0 Å². The van der Waals surface area contributed by atoms with E-state index in [0.717, 1.165) is 23.9 Å². The highest BCUT2D eigenvalue weighted by molar-refractivity contribution is 4.89. The Kier molecular flexibility index (Phi) is 5.39. The zero-order valence-electron chi connectivity index (χ0n) is 13.4. The Balaban J connectivity index is 1.50. The van der Waals surface area contributed by atoms with Gasteiger partial charge in [-0.2, -0.15) is 0 Å². The molecule has 0 aromatic rings. The molecule has 0 aromatic heterocycles. The second-order valence-corrected chi connectivity index (χ2v) is 7.54. The summed E-state index contributed by atoms with van der Waals surface area (Å²) in [6.45, 7) is 6.24. The first-order chi connectivity index (χ1) is 9.86. The molecule has 1 heterocycles. The van der Waals surface area contributed by atoms with Crippen molar-refractivity contribution < 1.29 is 0 Å². The highest BCUT2D eigenvalue weighted by Gasteiger charge is 2.32. The molecular weight excluding hydrogens is 244 g/mol. The molecule has 1 N–H and O–H groups in total. The number of nitrogens with zero attached hydrogens (tertiary/aromatic N) is 1. The van der Waals surface area contributed by atoms with Crippen LogP contribution in [-0.4, -0.2) is 36.6 Å². The molecule has 2 aliphatic carbocycles. The second kappa shape index (κ2) is 7.26. The maximum Gasteiger partial charge on any atom is 0.0223 e. The van der Waals surface area contributed by atoms with Gasteiger partial charge in [-0.15, -0.1) is 0 Å². The Bertz CT molecular complexity index is 277. The lowest BCUT2D eigenvalue weighted by atomic mass is 9.81. The standard InChI is InChI=1S/C18H34N2/c1-2-15-8-10-17(11-9-15)20-13-12-19-18(14-20)16-6-4-3-5-7-16/h15-19H,2-14H2,1H3. The molecule has 116 valence electrons. The number of nitrogens with one attached hydrogen (secondary N) is 1. The largest absolute Gasteiger partial charge is 0.311 e. The van der Waals surface area contributed by atoms with E-state index in [4.69, 9.17) is 0 Å². The predicted octanol–water partition coefficient (Wildman–Crippen LogP) is 3.81. The Labute approximate surface area is 125 Å². The summed E-state index contributed by atoms with van der Waals surface area (Å²) in [6, 6.07) is 1.71. The molecule has 1 atom stereocenters. The zero-order valence-corrected chi connectivity index (χ0v) is 13.4. The number of hydrogen-bond donors (Lipinski definition) is 1. The topological polar surface area (TPSA) is 15.3 Å². The van der Waals surface area contributed by atoms with Gasteiger partial charge in [0, 0.05) is 31.7 Å². The Morgan fingerprint density at radius 1 is 0.950 bits per heavy atom. The van der Waals surface area contributed by atoms with Gasteiger partial charge in [0.25, 0.3) is 0 Å². The molecule has 0 bridgehead atoms. The summed E-state index contributed by atoms with van der Waals surface area (Å²) in [6.07, 6.45) is 14.7. The molecular formula is C18H34N2. The molecule has 0 aromatic carbocycles. The van der Waals surface area contributed by atoms with E-state index in [-0.39, 0.29) is 0 Å². The van der Waals surface area contributed by atoms with E-state index in [0.29, 0.717) is 0 Å². The van der Waals surface area contributed by atoms with Crippen molar-refractivity contribution in [2.75, 3.05) is 19.6 Å². The van der Waals surface area contributed by atoms with Crippen LogP contribution in [0, 0.1) is 11.8 Å². The molecule has 1 unspecified atom stereocenters. The SMILES string of the molecule is CCC1CCC(N2CCNC(C3CCCCC3)C2)CC1. The van der Waals surface area contributed by atoms with Crippen molar-refractivity contribution in [2.45, 2.75) is 83.2 Å². The van der Waals surface area contributed by atoms with Gasteiger partial charge < -0.3 is 5.32 Å². The lowest BCUT2D eigenvalue weighted by Crippen LogP contribution is -2.57. The quantitative estimate of drug-likeness (QED) is 0.844. The third kappa shape index (κ3) is 3.57. The van der Waals surface area contributed by atoms with Crippen LogP contribution < -0.4 is 5.32 Å². The van der Waals surface area contributed by atoms with Crippen molar-refractivity contribution in [2.24, 2.45) is 11.8 Å². The van der Waals surface area contributed by atoms with Crippen LogP contribution >= 0.6 is 0 Å². The van der Waals surface area contributed by atoms with Gasteiger partial charge in [-0.1, -0.05) is 32.6 Å². The van der Waals surface area contributed by atoms with Gasteiger partial charge in [-0.05, 0) is 50.4 Å². The van der Waals surface area contributed by atoms with E-state index in [1.54, 1.807) is 0 Å². The summed E-state index contributed by atoms with van der Waals surface area (Å²) >= 11 is 0. The predicted molar refractivity (Wildman–Crippen MR) is 86.0 cm³/mol. The molecule has 0 spiro atoms. The first-order valence-corrected chi connectivity index (χ1v) is 9.34. The minimum atomic E-state index is 0.799. The average Bonchev–Trinajstić information content (AvgIpc) is 2.56. The third-order valence-electron chi connectivity index (χ3n) is 6.37. The van der Waals surface area contributed by atoms with Gasteiger partial charge in [-0.3, -0.25) is 4.90 Å². The highest BCUT2D eigenvalue weighted by atomic mass is 15.2. The summed E-state index contributed by atoms with van der Waals surface area (Å²) in [5, 5.41) is 3.84. The third-order valence-corrected chi connectivity index (χ3v) is 6.37. The summed E-state index contributed by atoms with van der Waals surface area (Å²) in [4.78, 5) is 2.85. The van der Waals surface area contributed by atoms with Crippen LogP contribution in [0.3, 0.4) is 0 Å². The fourth-order valence-corrected chi connectivity index (χ4v) is 4.90. The molecule has 3 fully saturated rings. The maximum atomic E-state index is 3.84. The van der Waals surface area contributed by atoms with Crippen LogP contribution in [-0.2, 0) is 0 Å². The lowest BCUT2D eigenvalue weighted by Gasteiger charge is -2.44. The average molecular weight is 278 g/mol. The van der Waals surface area contributed by atoms with E-state index >= 15 is 0 Å². The smallest absolute Gasteiger partial charge is 0.0223 e. The monoisotopic (exact) mass is 278 g/mol. The van der Waals surface area contributed by atoms with Gasteiger partial charge in [0.2, 0.25) is 0 Å². The van der Waals surface area contributed by atoms with Crippen molar-refractivity contribution in [3.05, 3.63) is 0 Å². The van der Waals surface area contributed by atoms with E-state index in [2.05, 4.69) is 17.1 Å². The van der Waals surface area contributed by atoms with Crippen molar-refractivity contribution >= 4 is 0 Å². The summed E-state index contributed by atoms with van der Waals surface area (Å²) in [5.41, 5.74) is 0. The van der Waals surface area contributed by atoms with Crippen LogP contribution in [0.5, 0.6) is 0 Å². The summed E-state index contributed by atoms with van der Waals surface area (Å²) < 4.78 is 0. The second-order valence-electron chi connectivity index (χ2n) is 7.54. The molecule has 1 aliphatic heterocycles. The molecule has 3 aliphatic rings. The minimum Gasteiger partial charge on any atom is -0.311 e. The molecule has 2 saturated carbocycles. The summed E-state index contributed by atoms with van der Waals surface area (Å²) in [5.74, 6) is 2.00. The molecule has 20 heavy (non-hydrogen) atoms. The van der Waals surface area contributed by atoms with Crippen molar-refractivity contribution in [1.82, 2.24) is 10.2 Å². The Hall–Kier alpha value is -0.0800. The van der Waals surface area contributed by atoms with Crippen molar-refractivity contribution in [3.8, 4) is 0 Å². The summed E-state index contributed by atoms with van der Waals surface area (Å²) in [7, 11) is 0. The lowest BCUT2D eigenvalue weighted by molar-refractivity contribution is 0.0791. The van der Waals surface area contributed by atoms with Gasteiger partial charge in [-0.25, -0.2) is 0 Å². The van der Waals surface area contributed by atoms with Gasteiger partial charge >= 0.3 is 0 Å². The van der Waals surface area contributed by atoms with E-state index in [1.807, 2.05) is 0 Å². The highest BCUT2D eigenvalue weighted by Crippen LogP contribution is 2.32. The molecule has 0 radical (unpaired) electrons. The maximum absolute atomic E-state index is 3.84. The number of rotatable bonds is 3. The fourth-order valence-electron chi connectivity index (χ4n) is 4.90. The van der Waals surface area contributed by atoms with Crippen LogP contribution in [0.15, 0.2) is 0 Å². The normalized spacial score (nSPS) is 38.0. The first-order valence-electron chi connectivity index (χ1n) is 9.34. The minimum absolute atomic E-state index is 0.799. The number of piperazine rings is 1. The van der Waals surface area contributed by atoms with Crippen molar-refractivity contribution in [1.29, 1.82) is 0 Å². The van der Waals surface area contributed by atoms with Crippen LogP contribution in [0.1, 0.15) is 71.1 Å². The first kappa shape index (κ1) is 14.8. The molecule has 1 saturated heterocycles. The Morgan fingerprint density at radius 3 is 2.40 bits per heavy atom. The fraction of sp³-hybridized carbons (Fsp3) is 1.00. The van der Waals surface area contributed by atoms with E-state index in [1.165, 1.54) is 83.8 Å². The van der Waals surface area contributed by atoms with Crippen LogP contribution in [0.2, 0.25) is 0 Å². The molecule has 2 heteroatoms. The molecule has 0 amide bonds. The van der Waals surface area contributed by atoms with E-state index in [9.17, 15) is 0 Å². The number of hydrogen-bond acceptors (Lipinski definition) is 2.